The molecule has 0 aliphatic carbocycles. The molecule has 0 heterocycles. The maximum Gasteiger partial charge on any atom is 0.236 e. The lowest BCUT2D eigenvalue weighted by atomic mass is 10.1. The van der Waals surface area contributed by atoms with Crippen LogP contribution in [-0.4, -0.2) is 5.54 Å². The molecule has 0 bridgehead atoms. The summed E-state index contributed by atoms with van der Waals surface area (Å²) in [5.41, 5.74) is 2.37. The Morgan fingerprint density at radius 3 is 1.58 bits per heavy atom. The van der Waals surface area contributed by atoms with Gasteiger partial charge in [0.05, 0.1) is 5.69 Å². The van der Waals surface area contributed by atoms with Gasteiger partial charge in [-0.25, -0.2) is 5.09 Å². The van der Waals surface area contributed by atoms with Crippen molar-refractivity contribution in [2.75, 3.05) is 5.09 Å². The first-order chi connectivity index (χ1) is 12.4. The highest BCUT2D eigenvalue weighted by molar-refractivity contribution is 7.89. The van der Waals surface area contributed by atoms with Crippen molar-refractivity contribution in [2.24, 2.45) is 0 Å². The number of nitrogens with one attached hydrogen (secondary N) is 2. The summed E-state index contributed by atoms with van der Waals surface area (Å²) in [7, 11) is -2.07. The van der Waals surface area contributed by atoms with Gasteiger partial charge in [0, 0.05) is 5.54 Å². The Labute approximate surface area is 158 Å². The molecule has 134 valence electrons. The van der Waals surface area contributed by atoms with Gasteiger partial charge in [0.1, 0.15) is 10.6 Å². The molecule has 0 aliphatic rings. The number of hydrogen-bond acceptors (Lipinski definition) is 2. The van der Waals surface area contributed by atoms with Gasteiger partial charge in [-0.15, -0.1) is 0 Å². The fraction of sp³-hybridized carbons (Fsp3) is 0.217. The average molecular weight is 363 g/mol. The van der Waals surface area contributed by atoms with Crippen molar-refractivity contribution < 1.29 is 0 Å². The summed E-state index contributed by atoms with van der Waals surface area (Å²) in [4.78, 5) is 0. The average Bonchev–Trinajstić information content (AvgIpc) is 2.63. The maximum atomic E-state index is 3.98. The highest BCUT2D eigenvalue weighted by Crippen LogP contribution is 2.53. The summed E-state index contributed by atoms with van der Waals surface area (Å²) in [6.07, 6.45) is 0. The van der Waals surface area contributed by atoms with Crippen LogP contribution in [0.5, 0.6) is 0 Å². The lowest BCUT2D eigenvalue weighted by Gasteiger charge is -2.34. The summed E-state index contributed by atoms with van der Waals surface area (Å²) in [6, 6.07) is 30.1. The van der Waals surface area contributed by atoms with E-state index < -0.39 is 7.56 Å². The zero-order chi connectivity index (χ0) is 18.6. The molecule has 2 N–H and O–H groups in total. The number of para-hydroxylation sites is 1. The highest BCUT2D eigenvalue weighted by atomic mass is 31.2. The molecule has 3 heteroatoms. The number of anilines is 1. The zero-order valence-electron chi connectivity index (χ0n) is 16.0. The van der Waals surface area contributed by atoms with E-state index in [1.54, 1.807) is 0 Å². The van der Waals surface area contributed by atoms with Crippen LogP contribution in [0.4, 0.5) is 5.69 Å². The molecule has 0 spiro atoms. The Hall–Kier alpha value is -2.15. The summed E-state index contributed by atoms with van der Waals surface area (Å²) in [5, 5.41) is 10.5. The molecule has 0 saturated carbocycles. The first kappa shape index (κ1) is 18.6. The van der Waals surface area contributed by atoms with Crippen LogP contribution < -0.4 is 20.8 Å². The zero-order valence-corrected chi connectivity index (χ0v) is 16.9. The second-order valence-electron chi connectivity index (χ2n) is 7.63. The quantitative estimate of drug-likeness (QED) is 0.602. The largest absolute Gasteiger partial charge is 0.236 e. The number of benzene rings is 3. The standard InChI is InChI=1S/C23H28N2P/c1-19-13-11-12-18-22(19)24-26(25-23(2,3)4,20-14-7-5-8-15-20)21-16-9-6-10-17-21/h5-18,24-25H,1-4H3/q+1. The van der Waals surface area contributed by atoms with Gasteiger partial charge in [-0.3, -0.25) is 0 Å². The third-order valence-corrected chi connectivity index (χ3v) is 7.95. The fourth-order valence-corrected chi connectivity index (χ4v) is 6.85. The molecule has 0 aromatic heterocycles. The van der Waals surface area contributed by atoms with Crippen LogP contribution >= 0.6 is 7.56 Å². The fourth-order valence-electron chi connectivity index (χ4n) is 3.12. The van der Waals surface area contributed by atoms with E-state index in [0.29, 0.717) is 0 Å². The molecule has 2 nitrogen and oxygen atoms in total. The molecule has 3 aromatic carbocycles. The van der Waals surface area contributed by atoms with Crippen molar-refractivity contribution in [3.8, 4) is 0 Å². The summed E-state index contributed by atoms with van der Waals surface area (Å²) in [5.74, 6) is 0. The van der Waals surface area contributed by atoms with E-state index in [0.717, 1.165) is 0 Å². The molecule has 0 radical (unpaired) electrons. The van der Waals surface area contributed by atoms with E-state index in [1.165, 1.54) is 21.9 Å². The topological polar surface area (TPSA) is 24.1 Å². The molecule has 0 atom stereocenters. The van der Waals surface area contributed by atoms with E-state index >= 15 is 0 Å². The Kier molecular flexibility index (Phi) is 5.46. The smallest absolute Gasteiger partial charge is 0.235 e. The molecule has 0 unspecified atom stereocenters. The predicted octanol–water partition coefficient (Wildman–Crippen LogP) is 5.29. The van der Waals surface area contributed by atoms with Crippen molar-refractivity contribution in [2.45, 2.75) is 33.2 Å². The first-order valence-electron chi connectivity index (χ1n) is 9.04. The van der Waals surface area contributed by atoms with Crippen molar-refractivity contribution in [1.82, 2.24) is 5.09 Å². The van der Waals surface area contributed by atoms with Gasteiger partial charge in [0.2, 0.25) is 7.56 Å². The van der Waals surface area contributed by atoms with Gasteiger partial charge in [-0.2, -0.15) is 5.09 Å². The van der Waals surface area contributed by atoms with Crippen LogP contribution in [0.15, 0.2) is 84.9 Å². The van der Waals surface area contributed by atoms with E-state index in [-0.39, 0.29) is 5.54 Å². The molecular formula is C23H28N2P+. The predicted molar refractivity (Wildman–Crippen MR) is 117 cm³/mol. The van der Waals surface area contributed by atoms with E-state index in [9.17, 15) is 0 Å². The number of aryl methyl sites for hydroxylation is 1. The van der Waals surface area contributed by atoms with Gasteiger partial charge < -0.3 is 0 Å². The Morgan fingerprint density at radius 2 is 1.12 bits per heavy atom. The second kappa shape index (κ2) is 7.61. The first-order valence-corrected chi connectivity index (χ1v) is 10.8. The second-order valence-corrected chi connectivity index (χ2v) is 10.5. The van der Waals surface area contributed by atoms with Gasteiger partial charge in [0.25, 0.3) is 0 Å². The molecular weight excluding hydrogens is 335 g/mol. The molecule has 0 amide bonds. The Bertz CT molecular complexity index is 799. The normalized spacial score (nSPS) is 12.0. The molecule has 0 saturated heterocycles. The summed E-state index contributed by atoms with van der Waals surface area (Å²) in [6.45, 7) is 8.84. The third-order valence-electron chi connectivity index (χ3n) is 4.22. The lowest BCUT2D eigenvalue weighted by molar-refractivity contribution is 0.528. The van der Waals surface area contributed by atoms with Crippen LogP contribution in [-0.2, 0) is 0 Å². The minimum Gasteiger partial charge on any atom is -0.235 e. The van der Waals surface area contributed by atoms with E-state index in [1.807, 2.05) is 0 Å². The third kappa shape index (κ3) is 4.15. The SMILES string of the molecule is Cc1ccccc1N[P+](NC(C)(C)C)(c1ccccc1)c1ccccc1. The monoisotopic (exact) mass is 363 g/mol. The molecule has 3 aromatic rings. The van der Waals surface area contributed by atoms with Crippen molar-refractivity contribution in [3.63, 3.8) is 0 Å². The molecule has 3 rings (SSSR count). The summed E-state index contributed by atoms with van der Waals surface area (Å²) < 4.78 is 0. The minimum absolute atomic E-state index is 0.0465. The van der Waals surface area contributed by atoms with Crippen LogP contribution in [0.3, 0.4) is 0 Å². The molecule has 26 heavy (non-hydrogen) atoms. The van der Waals surface area contributed by atoms with Crippen LogP contribution in [0.2, 0.25) is 0 Å². The number of hydrogen-bond donors (Lipinski definition) is 2. The Balaban J connectivity index is 2.23. The van der Waals surface area contributed by atoms with Crippen molar-refractivity contribution >= 4 is 23.9 Å². The number of rotatable bonds is 5. The Morgan fingerprint density at radius 1 is 0.654 bits per heavy atom. The molecule has 0 fully saturated rings. The lowest BCUT2D eigenvalue weighted by Crippen LogP contribution is -2.46. The maximum absolute atomic E-state index is 3.98. The van der Waals surface area contributed by atoms with Crippen LogP contribution in [0.25, 0.3) is 0 Å². The van der Waals surface area contributed by atoms with Crippen molar-refractivity contribution in [3.05, 3.63) is 90.5 Å². The summed E-state index contributed by atoms with van der Waals surface area (Å²) >= 11 is 0. The van der Waals surface area contributed by atoms with Crippen LogP contribution in [0, 0.1) is 6.92 Å². The molecule has 0 aliphatic heterocycles. The highest BCUT2D eigenvalue weighted by Gasteiger charge is 2.47. The van der Waals surface area contributed by atoms with Gasteiger partial charge in [0.15, 0.2) is 0 Å². The van der Waals surface area contributed by atoms with Gasteiger partial charge in [-0.1, -0.05) is 54.6 Å². The van der Waals surface area contributed by atoms with Gasteiger partial charge in [-0.05, 0) is 63.6 Å². The van der Waals surface area contributed by atoms with Crippen LogP contribution in [0.1, 0.15) is 26.3 Å². The van der Waals surface area contributed by atoms with Gasteiger partial charge >= 0.3 is 0 Å². The van der Waals surface area contributed by atoms with E-state index in [4.69, 9.17) is 0 Å². The minimum atomic E-state index is -2.07. The van der Waals surface area contributed by atoms with E-state index in [2.05, 4.69) is 123 Å². The van der Waals surface area contributed by atoms with Crippen molar-refractivity contribution in [1.29, 1.82) is 0 Å².